The average Bonchev–Trinajstić information content (AvgIpc) is 2.50. The Morgan fingerprint density at radius 1 is 1.29 bits per heavy atom. The number of nitrogens with zero attached hydrogens (tertiary/aromatic N) is 2. The third kappa shape index (κ3) is 2.87. The lowest BCUT2D eigenvalue weighted by atomic mass is 9.97. The molecule has 0 spiro atoms. The molecule has 1 heterocycles. The van der Waals surface area contributed by atoms with E-state index in [-0.39, 0.29) is 0 Å². The maximum atomic E-state index is 8.88. The molecule has 3 nitrogen and oxygen atoms in total. The van der Waals surface area contributed by atoms with E-state index in [0.717, 1.165) is 37.3 Å². The highest BCUT2D eigenvalue weighted by molar-refractivity contribution is 6.31. The van der Waals surface area contributed by atoms with Gasteiger partial charge in [0, 0.05) is 30.3 Å². The van der Waals surface area contributed by atoms with Crippen molar-refractivity contribution in [2.24, 2.45) is 0 Å². The molecule has 0 fully saturated rings. The van der Waals surface area contributed by atoms with Crippen molar-refractivity contribution >= 4 is 17.3 Å². The number of hydrogen-bond acceptors (Lipinski definition) is 3. The number of anilines is 1. The summed E-state index contributed by atoms with van der Waals surface area (Å²) in [6.07, 6.45) is 1.01. The summed E-state index contributed by atoms with van der Waals surface area (Å²) in [7, 11) is 0. The molecule has 0 aliphatic carbocycles. The first-order chi connectivity index (χ1) is 10.2. The molecule has 0 unspecified atom stereocenters. The van der Waals surface area contributed by atoms with Gasteiger partial charge in [-0.3, -0.25) is 4.90 Å². The second-order valence-electron chi connectivity index (χ2n) is 5.36. The smallest absolute Gasteiger partial charge is 0.0992 e. The number of rotatable bonds is 2. The van der Waals surface area contributed by atoms with Crippen LogP contribution in [0.25, 0.3) is 0 Å². The Hall–Kier alpha value is -2.02. The fraction of sp³-hybridized carbons (Fsp3) is 0.235. The van der Waals surface area contributed by atoms with Gasteiger partial charge in [-0.05, 0) is 41.3 Å². The zero-order chi connectivity index (χ0) is 14.8. The van der Waals surface area contributed by atoms with Gasteiger partial charge in [0.1, 0.15) is 0 Å². The number of fused-ring (bicyclic) bond motifs is 1. The van der Waals surface area contributed by atoms with Gasteiger partial charge in [0.15, 0.2) is 0 Å². The number of nitrogen functional groups attached to an aromatic ring is 1. The lowest BCUT2D eigenvalue weighted by Gasteiger charge is -2.29. The minimum atomic E-state index is 0.594. The van der Waals surface area contributed by atoms with Gasteiger partial charge < -0.3 is 5.73 Å². The van der Waals surface area contributed by atoms with E-state index in [1.165, 1.54) is 11.1 Å². The summed E-state index contributed by atoms with van der Waals surface area (Å²) in [6.45, 7) is 2.61. The largest absolute Gasteiger partial charge is 0.398 e. The van der Waals surface area contributed by atoms with Crippen molar-refractivity contribution in [3.05, 3.63) is 63.7 Å². The van der Waals surface area contributed by atoms with Crippen LogP contribution in [0.15, 0.2) is 36.4 Å². The third-order valence-corrected chi connectivity index (χ3v) is 4.32. The highest BCUT2D eigenvalue weighted by Gasteiger charge is 2.18. The zero-order valence-electron chi connectivity index (χ0n) is 11.6. The van der Waals surface area contributed by atoms with Crippen molar-refractivity contribution in [2.45, 2.75) is 19.5 Å². The molecular formula is C17H16ClN3. The third-order valence-electron chi connectivity index (χ3n) is 3.96. The standard InChI is InChI=1S/C17H16ClN3/c18-16-8-12(9-19)4-5-14(16)10-21-7-6-13-2-1-3-17(20)15(13)11-21/h1-5,8H,6-7,10-11,20H2. The van der Waals surface area contributed by atoms with E-state index in [1.807, 2.05) is 24.3 Å². The predicted molar refractivity (Wildman–Crippen MR) is 84.8 cm³/mol. The zero-order valence-corrected chi connectivity index (χ0v) is 12.4. The monoisotopic (exact) mass is 297 g/mol. The summed E-state index contributed by atoms with van der Waals surface area (Å²) in [4.78, 5) is 2.34. The van der Waals surface area contributed by atoms with Crippen LogP contribution in [0.4, 0.5) is 5.69 Å². The van der Waals surface area contributed by atoms with Gasteiger partial charge in [-0.1, -0.05) is 29.8 Å². The lowest BCUT2D eigenvalue weighted by Crippen LogP contribution is -2.30. The molecule has 0 saturated carbocycles. The first-order valence-electron chi connectivity index (χ1n) is 6.94. The molecule has 2 aromatic rings. The van der Waals surface area contributed by atoms with Crippen LogP contribution in [0.1, 0.15) is 22.3 Å². The fourth-order valence-corrected chi connectivity index (χ4v) is 3.02. The molecule has 0 radical (unpaired) electrons. The molecule has 3 rings (SSSR count). The molecule has 1 aliphatic heterocycles. The van der Waals surface area contributed by atoms with Gasteiger partial charge in [0.25, 0.3) is 0 Å². The molecule has 0 aromatic heterocycles. The summed E-state index contributed by atoms with van der Waals surface area (Å²) in [5.74, 6) is 0. The van der Waals surface area contributed by atoms with Crippen LogP contribution in [-0.2, 0) is 19.5 Å². The normalized spacial score (nSPS) is 14.5. The van der Waals surface area contributed by atoms with Crippen LogP contribution < -0.4 is 5.73 Å². The Morgan fingerprint density at radius 3 is 2.90 bits per heavy atom. The summed E-state index contributed by atoms with van der Waals surface area (Å²) in [5.41, 5.74) is 11.2. The summed E-state index contributed by atoms with van der Waals surface area (Å²) < 4.78 is 0. The van der Waals surface area contributed by atoms with Crippen molar-refractivity contribution in [3.8, 4) is 6.07 Å². The Kier molecular flexibility index (Phi) is 3.83. The first kappa shape index (κ1) is 13.9. The molecule has 0 amide bonds. The maximum Gasteiger partial charge on any atom is 0.0992 e. The average molecular weight is 298 g/mol. The molecule has 4 heteroatoms. The summed E-state index contributed by atoms with van der Waals surface area (Å²) in [6, 6.07) is 13.7. The molecule has 0 atom stereocenters. The van der Waals surface area contributed by atoms with E-state index in [9.17, 15) is 0 Å². The summed E-state index contributed by atoms with van der Waals surface area (Å²) in [5, 5.41) is 9.53. The van der Waals surface area contributed by atoms with Crippen LogP contribution >= 0.6 is 11.6 Å². The van der Waals surface area contributed by atoms with Crippen molar-refractivity contribution in [1.82, 2.24) is 4.90 Å². The van der Waals surface area contributed by atoms with E-state index in [0.29, 0.717) is 10.6 Å². The molecule has 21 heavy (non-hydrogen) atoms. The highest BCUT2D eigenvalue weighted by Crippen LogP contribution is 2.27. The van der Waals surface area contributed by atoms with Crippen molar-refractivity contribution in [2.75, 3.05) is 12.3 Å². The minimum absolute atomic E-state index is 0.594. The van der Waals surface area contributed by atoms with Crippen molar-refractivity contribution < 1.29 is 0 Å². The lowest BCUT2D eigenvalue weighted by molar-refractivity contribution is 0.246. The van der Waals surface area contributed by atoms with Gasteiger partial charge in [0.05, 0.1) is 11.6 Å². The molecule has 0 saturated heterocycles. The molecule has 106 valence electrons. The number of benzene rings is 2. The predicted octanol–water partition coefficient (Wildman–Crippen LogP) is 3.35. The molecule has 1 aliphatic rings. The number of halogens is 1. The Bertz CT molecular complexity index is 718. The van der Waals surface area contributed by atoms with E-state index >= 15 is 0 Å². The highest BCUT2D eigenvalue weighted by atomic mass is 35.5. The van der Waals surface area contributed by atoms with Crippen molar-refractivity contribution in [3.63, 3.8) is 0 Å². The van der Waals surface area contributed by atoms with Gasteiger partial charge in [-0.2, -0.15) is 5.26 Å². The van der Waals surface area contributed by atoms with E-state index in [2.05, 4.69) is 17.0 Å². The topological polar surface area (TPSA) is 53.0 Å². The van der Waals surface area contributed by atoms with Crippen LogP contribution in [0.3, 0.4) is 0 Å². The van der Waals surface area contributed by atoms with E-state index in [1.54, 1.807) is 6.07 Å². The number of nitriles is 1. The van der Waals surface area contributed by atoms with Gasteiger partial charge in [-0.15, -0.1) is 0 Å². The summed E-state index contributed by atoms with van der Waals surface area (Å²) >= 11 is 6.26. The maximum absolute atomic E-state index is 8.88. The Morgan fingerprint density at radius 2 is 2.14 bits per heavy atom. The van der Waals surface area contributed by atoms with Crippen LogP contribution in [-0.4, -0.2) is 11.4 Å². The number of nitrogens with two attached hydrogens (primary N) is 1. The SMILES string of the molecule is N#Cc1ccc(CN2CCc3cccc(N)c3C2)c(Cl)c1. The van der Waals surface area contributed by atoms with Crippen molar-refractivity contribution in [1.29, 1.82) is 5.26 Å². The molecular weight excluding hydrogens is 282 g/mol. The van der Waals surface area contributed by atoms with Crippen LogP contribution in [0.5, 0.6) is 0 Å². The van der Waals surface area contributed by atoms with E-state index < -0.39 is 0 Å². The van der Waals surface area contributed by atoms with Gasteiger partial charge in [-0.25, -0.2) is 0 Å². The van der Waals surface area contributed by atoms with Crippen LogP contribution in [0.2, 0.25) is 5.02 Å². The molecule has 0 bridgehead atoms. The Labute approximate surface area is 129 Å². The first-order valence-corrected chi connectivity index (χ1v) is 7.32. The van der Waals surface area contributed by atoms with Gasteiger partial charge >= 0.3 is 0 Å². The van der Waals surface area contributed by atoms with Crippen LogP contribution in [0, 0.1) is 11.3 Å². The second kappa shape index (κ2) is 5.77. The Balaban J connectivity index is 1.79. The number of hydrogen-bond donors (Lipinski definition) is 1. The molecule has 2 N–H and O–H groups in total. The second-order valence-corrected chi connectivity index (χ2v) is 5.77. The fourth-order valence-electron chi connectivity index (χ4n) is 2.78. The van der Waals surface area contributed by atoms with Gasteiger partial charge in [0.2, 0.25) is 0 Å². The van der Waals surface area contributed by atoms with E-state index in [4.69, 9.17) is 22.6 Å². The molecule has 2 aromatic carbocycles. The minimum Gasteiger partial charge on any atom is -0.398 e. The quantitative estimate of drug-likeness (QED) is 0.865.